The fourth-order valence-corrected chi connectivity index (χ4v) is 3.08. The van der Waals surface area contributed by atoms with Gasteiger partial charge in [0.2, 0.25) is 5.91 Å². The van der Waals surface area contributed by atoms with Crippen LogP contribution < -0.4 is 5.73 Å². The van der Waals surface area contributed by atoms with E-state index in [9.17, 15) is 18.4 Å². The molecule has 25 heavy (non-hydrogen) atoms. The summed E-state index contributed by atoms with van der Waals surface area (Å²) in [7, 11) is 0. The maximum Gasteiger partial charge on any atom is 0.275 e. The van der Waals surface area contributed by atoms with Gasteiger partial charge in [0.1, 0.15) is 18.2 Å². The van der Waals surface area contributed by atoms with Crippen molar-refractivity contribution in [1.29, 1.82) is 0 Å². The van der Waals surface area contributed by atoms with E-state index in [1.165, 1.54) is 4.90 Å². The van der Waals surface area contributed by atoms with Crippen molar-refractivity contribution in [3.63, 3.8) is 0 Å². The van der Waals surface area contributed by atoms with E-state index in [1.807, 2.05) is 0 Å². The number of pyridine rings is 1. The summed E-state index contributed by atoms with van der Waals surface area (Å²) in [5.41, 5.74) is 4.83. The molecule has 2 aromatic heterocycles. The van der Waals surface area contributed by atoms with E-state index in [4.69, 9.17) is 5.73 Å². The van der Waals surface area contributed by atoms with Crippen LogP contribution in [0.3, 0.4) is 0 Å². The Morgan fingerprint density at radius 3 is 2.84 bits per heavy atom. The highest BCUT2D eigenvalue weighted by Gasteiger charge is 2.30. The van der Waals surface area contributed by atoms with E-state index in [1.54, 1.807) is 17.0 Å². The van der Waals surface area contributed by atoms with Gasteiger partial charge in [0.05, 0.1) is 6.20 Å². The van der Waals surface area contributed by atoms with Crippen molar-refractivity contribution >= 4 is 11.8 Å². The molecule has 0 spiro atoms. The molecule has 0 saturated carbocycles. The van der Waals surface area contributed by atoms with Crippen molar-refractivity contribution in [3.05, 3.63) is 47.8 Å². The van der Waals surface area contributed by atoms with Gasteiger partial charge in [0.25, 0.3) is 5.91 Å². The van der Waals surface area contributed by atoms with Gasteiger partial charge in [-0.25, -0.2) is 18.7 Å². The van der Waals surface area contributed by atoms with E-state index in [0.717, 1.165) is 12.6 Å². The number of nitrogens with two attached hydrogens (primary N) is 1. The van der Waals surface area contributed by atoms with Gasteiger partial charge in [-0.1, -0.05) is 0 Å². The third-order valence-corrected chi connectivity index (χ3v) is 4.16. The number of carbonyl (C=O) groups excluding carboxylic acids is 2. The molecule has 1 aliphatic rings. The molecule has 3 heterocycles. The molecule has 0 aromatic carbocycles. The molecule has 1 aliphatic heterocycles. The van der Waals surface area contributed by atoms with Gasteiger partial charge in [-0.05, 0) is 12.8 Å². The largest absolute Gasteiger partial charge is 0.368 e. The highest BCUT2D eigenvalue weighted by molar-refractivity contribution is 5.92. The minimum Gasteiger partial charge on any atom is -0.368 e. The quantitative estimate of drug-likeness (QED) is 0.893. The van der Waals surface area contributed by atoms with Crippen LogP contribution in [0.25, 0.3) is 0 Å². The Morgan fingerprint density at radius 2 is 2.12 bits per heavy atom. The summed E-state index contributed by atoms with van der Waals surface area (Å²) in [6, 6.07) is 0.640. The number of aromatic nitrogens is 3. The number of halogens is 2. The number of piperidine rings is 1. The zero-order chi connectivity index (χ0) is 18.0. The zero-order valence-corrected chi connectivity index (χ0v) is 13.4. The van der Waals surface area contributed by atoms with E-state index in [2.05, 4.69) is 9.97 Å². The normalized spacial score (nSPS) is 17.5. The van der Waals surface area contributed by atoms with Crippen LogP contribution in [-0.4, -0.2) is 44.3 Å². The molecule has 0 radical (unpaired) electrons. The molecule has 3 rings (SSSR count). The van der Waals surface area contributed by atoms with Crippen LogP contribution in [0.15, 0.2) is 24.7 Å². The number of nitrogens with zero attached hydrogens (tertiary/aromatic N) is 4. The van der Waals surface area contributed by atoms with Crippen LogP contribution >= 0.6 is 0 Å². The van der Waals surface area contributed by atoms with Gasteiger partial charge < -0.3 is 15.2 Å². The number of hydrogen-bond acceptors (Lipinski definition) is 4. The van der Waals surface area contributed by atoms with Crippen LogP contribution in [0.4, 0.5) is 8.78 Å². The molecule has 132 valence electrons. The molecular weight excluding hydrogens is 332 g/mol. The second-order valence-electron chi connectivity index (χ2n) is 5.95. The fourth-order valence-electron chi connectivity index (χ4n) is 3.08. The number of hydrogen-bond donors (Lipinski definition) is 1. The smallest absolute Gasteiger partial charge is 0.275 e. The van der Waals surface area contributed by atoms with Crippen molar-refractivity contribution < 1.29 is 18.4 Å². The van der Waals surface area contributed by atoms with Gasteiger partial charge in [-0.15, -0.1) is 0 Å². The van der Waals surface area contributed by atoms with Crippen molar-refractivity contribution in [2.45, 2.75) is 25.3 Å². The van der Waals surface area contributed by atoms with E-state index in [0.29, 0.717) is 31.4 Å². The van der Waals surface area contributed by atoms with Crippen molar-refractivity contribution in [1.82, 2.24) is 19.4 Å². The number of likely N-dealkylation sites (tertiary alicyclic amines) is 1. The van der Waals surface area contributed by atoms with E-state index >= 15 is 0 Å². The molecule has 7 nitrogen and oxygen atoms in total. The monoisotopic (exact) mass is 349 g/mol. The number of carbonyl (C=O) groups is 2. The summed E-state index contributed by atoms with van der Waals surface area (Å²) in [4.78, 5) is 33.0. The lowest BCUT2D eigenvalue weighted by Gasteiger charge is -2.32. The number of imidazole rings is 1. The van der Waals surface area contributed by atoms with E-state index < -0.39 is 29.1 Å². The second-order valence-corrected chi connectivity index (χ2v) is 5.95. The first-order valence-corrected chi connectivity index (χ1v) is 7.85. The van der Waals surface area contributed by atoms with Crippen molar-refractivity contribution in [3.8, 4) is 0 Å². The van der Waals surface area contributed by atoms with Gasteiger partial charge >= 0.3 is 0 Å². The van der Waals surface area contributed by atoms with Gasteiger partial charge in [-0.3, -0.25) is 9.59 Å². The van der Waals surface area contributed by atoms with E-state index in [-0.39, 0.29) is 12.5 Å². The van der Waals surface area contributed by atoms with Gasteiger partial charge in [0.15, 0.2) is 11.5 Å². The van der Waals surface area contributed by atoms with Crippen LogP contribution in [-0.2, 0) is 11.3 Å². The molecule has 2 amide bonds. The first-order chi connectivity index (χ1) is 12.0. The van der Waals surface area contributed by atoms with Gasteiger partial charge in [-0.2, -0.15) is 0 Å². The molecule has 1 unspecified atom stereocenters. The lowest BCUT2D eigenvalue weighted by molar-refractivity contribution is -0.118. The molecule has 2 aromatic rings. The van der Waals surface area contributed by atoms with Gasteiger partial charge in [0, 0.05) is 37.5 Å². The highest BCUT2D eigenvalue weighted by Crippen LogP contribution is 2.27. The fraction of sp³-hybridized carbons (Fsp3) is 0.375. The van der Waals surface area contributed by atoms with Crippen molar-refractivity contribution in [2.75, 3.05) is 13.1 Å². The molecule has 0 aliphatic carbocycles. The summed E-state index contributed by atoms with van der Waals surface area (Å²) < 4.78 is 28.4. The first-order valence-electron chi connectivity index (χ1n) is 7.85. The minimum absolute atomic E-state index is 0.00786. The van der Waals surface area contributed by atoms with Crippen LogP contribution in [0.1, 0.15) is 35.1 Å². The third kappa shape index (κ3) is 3.65. The first kappa shape index (κ1) is 17.0. The molecule has 1 atom stereocenters. The molecule has 2 N–H and O–H groups in total. The summed E-state index contributed by atoms with van der Waals surface area (Å²) in [5, 5.41) is 0. The maximum atomic E-state index is 13.8. The lowest BCUT2D eigenvalue weighted by atomic mass is 9.96. The molecule has 9 heteroatoms. The SMILES string of the molecule is NC(=O)Cn1ccnc1C1CCCN(C(=O)c2ncc(F)cc2F)C1. The number of primary amides is 1. The average molecular weight is 349 g/mol. The Bertz CT molecular complexity index is 808. The Morgan fingerprint density at radius 1 is 1.32 bits per heavy atom. The summed E-state index contributed by atoms with van der Waals surface area (Å²) in [6.45, 7) is 0.769. The predicted octanol–water partition coefficient (Wildman–Crippen LogP) is 1.06. The molecule has 1 fully saturated rings. The Hall–Kier alpha value is -2.84. The minimum atomic E-state index is -0.984. The zero-order valence-electron chi connectivity index (χ0n) is 13.4. The third-order valence-electron chi connectivity index (χ3n) is 4.16. The highest BCUT2D eigenvalue weighted by atomic mass is 19.1. The Labute approximate surface area is 142 Å². The molecule has 0 bridgehead atoms. The van der Waals surface area contributed by atoms with Crippen molar-refractivity contribution in [2.24, 2.45) is 5.73 Å². The molecular formula is C16H17F2N5O2. The summed E-state index contributed by atoms with van der Waals surface area (Å²) in [5.74, 6) is -2.34. The molecule has 1 saturated heterocycles. The lowest BCUT2D eigenvalue weighted by Crippen LogP contribution is -2.40. The topological polar surface area (TPSA) is 94.1 Å². The van der Waals surface area contributed by atoms with Crippen LogP contribution in [0.5, 0.6) is 0 Å². The summed E-state index contributed by atoms with van der Waals surface area (Å²) >= 11 is 0. The number of amides is 2. The second kappa shape index (κ2) is 6.96. The maximum absolute atomic E-state index is 13.8. The number of rotatable bonds is 4. The average Bonchev–Trinajstić information content (AvgIpc) is 3.02. The standard InChI is InChI=1S/C16H17F2N5O2/c17-11-6-12(18)14(21-7-11)16(25)23-4-1-2-10(8-23)15-20-3-5-22(15)9-13(19)24/h3,5-7,10H,1-2,4,8-9H2,(H2,19,24). The van der Waals surface area contributed by atoms with Crippen LogP contribution in [0.2, 0.25) is 0 Å². The Balaban J connectivity index is 1.78. The predicted molar refractivity (Wildman–Crippen MR) is 83.5 cm³/mol. The van der Waals surface area contributed by atoms with Crippen LogP contribution in [0, 0.1) is 11.6 Å². The Kier molecular flexibility index (Phi) is 4.73. The summed E-state index contributed by atoms with van der Waals surface area (Å²) in [6.07, 6.45) is 5.52.